The molecule has 0 aliphatic carbocycles. The first-order valence-electron chi connectivity index (χ1n) is 8.44. The number of hydrogen-bond acceptors (Lipinski definition) is 3. The summed E-state index contributed by atoms with van der Waals surface area (Å²) in [6.45, 7) is 1.08. The lowest BCUT2D eigenvalue weighted by molar-refractivity contribution is 0.298. The molecule has 1 heterocycles. The number of rotatable bonds is 7. The minimum Gasteiger partial charge on any atom is -0.356 e. The molecular formula is C18H27F2IN6. The molecule has 1 aromatic carbocycles. The fourth-order valence-corrected chi connectivity index (χ4v) is 2.68. The van der Waals surface area contributed by atoms with Gasteiger partial charge in [-0.1, -0.05) is 0 Å². The van der Waals surface area contributed by atoms with Gasteiger partial charge in [-0.2, -0.15) is 5.10 Å². The van der Waals surface area contributed by atoms with Crippen LogP contribution < -0.4 is 10.6 Å². The van der Waals surface area contributed by atoms with Crippen LogP contribution in [0.4, 0.5) is 8.78 Å². The molecule has 27 heavy (non-hydrogen) atoms. The molecule has 2 N–H and O–H groups in total. The van der Waals surface area contributed by atoms with Gasteiger partial charge in [0.05, 0.1) is 12.2 Å². The first kappa shape index (κ1) is 23.3. The minimum atomic E-state index is -0.436. The van der Waals surface area contributed by atoms with E-state index in [0.717, 1.165) is 17.7 Å². The monoisotopic (exact) mass is 492 g/mol. The zero-order valence-corrected chi connectivity index (χ0v) is 18.4. The predicted molar refractivity (Wildman–Crippen MR) is 114 cm³/mol. The smallest absolute Gasteiger partial charge is 0.191 e. The average Bonchev–Trinajstić information content (AvgIpc) is 3.02. The van der Waals surface area contributed by atoms with Crippen LogP contribution in [0.1, 0.15) is 17.2 Å². The Hall–Kier alpha value is -1.75. The number of nitrogens with zero attached hydrogens (tertiary/aromatic N) is 4. The molecule has 150 valence electrons. The number of halogens is 3. The quantitative estimate of drug-likeness (QED) is 0.354. The molecule has 0 saturated heterocycles. The summed E-state index contributed by atoms with van der Waals surface area (Å²) in [4.78, 5) is 6.27. The Morgan fingerprint density at radius 2 is 2.04 bits per heavy atom. The molecule has 2 rings (SSSR count). The van der Waals surface area contributed by atoms with Crippen molar-refractivity contribution in [2.24, 2.45) is 12.0 Å². The van der Waals surface area contributed by atoms with E-state index in [1.165, 1.54) is 6.07 Å². The maximum absolute atomic E-state index is 13.7. The van der Waals surface area contributed by atoms with E-state index in [9.17, 15) is 8.78 Å². The van der Waals surface area contributed by atoms with E-state index in [1.807, 2.05) is 33.5 Å². The van der Waals surface area contributed by atoms with E-state index in [-0.39, 0.29) is 30.0 Å². The van der Waals surface area contributed by atoms with Gasteiger partial charge in [0.1, 0.15) is 11.6 Å². The molecule has 1 aromatic heterocycles. The molecule has 0 saturated carbocycles. The van der Waals surface area contributed by atoms with Gasteiger partial charge in [0.25, 0.3) is 0 Å². The van der Waals surface area contributed by atoms with Crippen LogP contribution in [-0.4, -0.2) is 54.9 Å². The summed E-state index contributed by atoms with van der Waals surface area (Å²) in [5.41, 5.74) is 1.44. The Morgan fingerprint density at radius 1 is 1.30 bits per heavy atom. The molecule has 2 aromatic rings. The maximum atomic E-state index is 13.7. The first-order valence-corrected chi connectivity index (χ1v) is 8.44. The topological polar surface area (TPSA) is 57.5 Å². The second-order valence-electron chi connectivity index (χ2n) is 6.29. The lowest BCUT2D eigenvalue weighted by Gasteiger charge is -2.24. The molecule has 1 unspecified atom stereocenters. The number of guanidine groups is 1. The van der Waals surface area contributed by atoms with Crippen molar-refractivity contribution >= 4 is 29.9 Å². The largest absolute Gasteiger partial charge is 0.356 e. The molecule has 1 atom stereocenters. The zero-order chi connectivity index (χ0) is 19.1. The number of aliphatic imine (C=N–C) groups is 1. The van der Waals surface area contributed by atoms with Gasteiger partial charge < -0.3 is 15.5 Å². The van der Waals surface area contributed by atoms with Gasteiger partial charge in [-0.15, -0.1) is 24.0 Å². The SMILES string of the molecule is CN=C(NCCc1cc(F)ccc1F)NCC(c1cnn(C)c1)N(C)C.I. The number of likely N-dealkylation sites (N-methyl/N-ethyl adjacent to an activating group) is 1. The molecule has 0 bridgehead atoms. The van der Waals surface area contributed by atoms with Crippen molar-refractivity contribution in [2.75, 3.05) is 34.2 Å². The van der Waals surface area contributed by atoms with Gasteiger partial charge in [0.2, 0.25) is 0 Å². The fourth-order valence-electron chi connectivity index (χ4n) is 2.68. The summed E-state index contributed by atoms with van der Waals surface area (Å²) < 4.78 is 28.6. The van der Waals surface area contributed by atoms with Crippen molar-refractivity contribution in [3.8, 4) is 0 Å². The van der Waals surface area contributed by atoms with Crippen molar-refractivity contribution in [1.82, 2.24) is 25.3 Å². The van der Waals surface area contributed by atoms with E-state index in [0.29, 0.717) is 31.0 Å². The highest BCUT2D eigenvalue weighted by Gasteiger charge is 2.16. The van der Waals surface area contributed by atoms with Crippen molar-refractivity contribution in [3.63, 3.8) is 0 Å². The van der Waals surface area contributed by atoms with Crippen LogP contribution in [0.5, 0.6) is 0 Å². The molecule has 0 fully saturated rings. The van der Waals surface area contributed by atoms with Crippen LogP contribution in [0, 0.1) is 11.6 Å². The van der Waals surface area contributed by atoms with Crippen LogP contribution in [-0.2, 0) is 13.5 Å². The lowest BCUT2D eigenvalue weighted by atomic mass is 10.1. The Morgan fingerprint density at radius 3 is 2.63 bits per heavy atom. The first-order chi connectivity index (χ1) is 12.4. The highest BCUT2D eigenvalue weighted by molar-refractivity contribution is 14.0. The van der Waals surface area contributed by atoms with Crippen LogP contribution in [0.2, 0.25) is 0 Å². The second-order valence-corrected chi connectivity index (χ2v) is 6.29. The number of aromatic nitrogens is 2. The average molecular weight is 492 g/mol. The molecule has 0 aliphatic heterocycles. The third kappa shape index (κ3) is 7.06. The van der Waals surface area contributed by atoms with Crippen LogP contribution in [0.25, 0.3) is 0 Å². The Bertz CT molecular complexity index is 747. The van der Waals surface area contributed by atoms with Crippen LogP contribution in [0.15, 0.2) is 35.6 Å². The van der Waals surface area contributed by atoms with Gasteiger partial charge in [-0.25, -0.2) is 8.78 Å². The molecule has 0 aliphatic rings. The predicted octanol–water partition coefficient (Wildman–Crippen LogP) is 2.33. The Kier molecular flexibility index (Phi) is 9.64. The molecular weight excluding hydrogens is 465 g/mol. The Labute approximate surface area is 176 Å². The molecule has 0 amide bonds. The molecule has 9 heteroatoms. The molecule has 0 radical (unpaired) electrons. The molecule has 6 nitrogen and oxygen atoms in total. The summed E-state index contributed by atoms with van der Waals surface area (Å²) in [7, 11) is 7.56. The summed E-state index contributed by atoms with van der Waals surface area (Å²) >= 11 is 0. The second kappa shape index (κ2) is 11.2. The van der Waals surface area contributed by atoms with Crippen molar-refractivity contribution in [2.45, 2.75) is 12.5 Å². The van der Waals surface area contributed by atoms with E-state index in [2.05, 4.69) is 25.6 Å². The highest BCUT2D eigenvalue weighted by atomic mass is 127. The Balaban J connectivity index is 0.00000364. The summed E-state index contributed by atoms with van der Waals surface area (Å²) in [6, 6.07) is 3.61. The number of nitrogens with one attached hydrogen (secondary N) is 2. The van der Waals surface area contributed by atoms with E-state index in [1.54, 1.807) is 11.7 Å². The van der Waals surface area contributed by atoms with Gasteiger partial charge in [0, 0.05) is 38.9 Å². The van der Waals surface area contributed by atoms with E-state index < -0.39 is 11.6 Å². The van der Waals surface area contributed by atoms with Gasteiger partial charge >= 0.3 is 0 Å². The fraction of sp³-hybridized carbons (Fsp3) is 0.444. The normalized spacial score (nSPS) is 12.6. The van der Waals surface area contributed by atoms with Crippen LogP contribution >= 0.6 is 24.0 Å². The summed E-state index contributed by atoms with van der Waals surface area (Å²) in [5, 5.41) is 10.6. The van der Waals surface area contributed by atoms with Crippen molar-refractivity contribution < 1.29 is 8.78 Å². The van der Waals surface area contributed by atoms with Crippen molar-refractivity contribution in [1.29, 1.82) is 0 Å². The summed E-state index contributed by atoms with van der Waals surface area (Å²) in [6.07, 6.45) is 4.19. The lowest BCUT2D eigenvalue weighted by Crippen LogP contribution is -2.42. The minimum absolute atomic E-state index is 0. The standard InChI is InChI=1S/C18H26F2N6.HI/c1-21-18(22-8-7-13-9-15(19)5-6-16(13)20)23-11-17(25(2)3)14-10-24-26(4)12-14;/h5-6,9-10,12,17H,7-8,11H2,1-4H3,(H2,21,22,23);1H. The van der Waals surface area contributed by atoms with Gasteiger partial charge in [0.15, 0.2) is 5.96 Å². The van der Waals surface area contributed by atoms with Gasteiger partial charge in [-0.3, -0.25) is 9.67 Å². The summed E-state index contributed by atoms with van der Waals surface area (Å²) in [5.74, 6) is -0.229. The third-order valence-corrected chi connectivity index (χ3v) is 4.11. The number of benzene rings is 1. The third-order valence-electron chi connectivity index (χ3n) is 4.11. The highest BCUT2D eigenvalue weighted by Crippen LogP contribution is 2.16. The van der Waals surface area contributed by atoms with Crippen molar-refractivity contribution in [3.05, 3.63) is 53.4 Å². The molecule has 0 spiro atoms. The van der Waals surface area contributed by atoms with E-state index >= 15 is 0 Å². The van der Waals surface area contributed by atoms with Gasteiger partial charge in [-0.05, 0) is 44.3 Å². The number of hydrogen-bond donors (Lipinski definition) is 2. The zero-order valence-electron chi connectivity index (χ0n) is 16.0. The maximum Gasteiger partial charge on any atom is 0.191 e. The van der Waals surface area contributed by atoms with E-state index in [4.69, 9.17) is 0 Å². The number of aryl methyl sites for hydroxylation is 1. The van der Waals surface area contributed by atoms with Crippen LogP contribution in [0.3, 0.4) is 0 Å².